The molecule has 0 bridgehead atoms. The molecule has 3 heteroatoms. The Morgan fingerprint density at radius 1 is 1.33 bits per heavy atom. The third-order valence-corrected chi connectivity index (χ3v) is 3.43. The summed E-state index contributed by atoms with van der Waals surface area (Å²) in [5.74, 6) is 0. The quantitative estimate of drug-likeness (QED) is 0.781. The van der Waals surface area contributed by atoms with Crippen LogP contribution in [0.1, 0.15) is 45.7 Å². The highest BCUT2D eigenvalue weighted by Crippen LogP contribution is 2.26. The van der Waals surface area contributed by atoms with E-state index in [1.54, 1.807) is 0 Å². The van der Waals surface area contributed by atoms with E-state index in [0.717, 1.165) is 25.7 Å². The van der Waals surface area contributed by atoms with Crippen molar-refractivity contribution in [1.82, 2.24) is 9.55 Å². The van der Waals surface area contributed by atoms with E-state index in [1.165, 1.54) is 5.69 Å². The minimum absolute atomic E-state index is 0.0704. The van der Waals surface area contributed by atoms with Gasteiger partial charge in [0.05, 0.1) is 11.9 Å². The van der Waals surface area contributed by atoms with Crippen LogP contribution in [0.5, 0.6) is 0 Å². The third-order valence-electron chi connectivity index (χ3n) is 3.43. The summed E-state index contributed by atoms with van der Waals surface area (Å²) in [6.07, 6.45) is 8.27. The van der Waals surface area contributed by atoms with E-state index in [2.05, 4.69) is 30.3 Å². The van der Waals surface area contributed by atoms with E-state index < -0.39 is 0 Å². The third kappa shape index (κ3) is 2.23. The molecule has 0 aromatic carbocycles. The smallest absolute Gasteiger partial charge is 0.0953 e. The Morgan fingerprint density at radius 3 is 2.47 bits per heavy atom. The second kappa shape index (κ2) is 5.31. The fourth-order valence-corrected chi connectivity index (χ4v) is 2.17. The van der Waals surface area contributed by atoms with Gasteiger partial charge in [0.1, 0.15) is 0 Å². The Kier molecular flexibility index (Phi) is 4.33. The van der Waals surface area contributed by atoms with Gasteiger partial charge in [-0.25, -0.2) is 4.98 Å². The molecule has 0 aliphatic carbocycles. The molecule has 0 aliphatic rings. The lowest BCUT2D eigenvalue weighted by molar-refractivity contribution is 0.264. The van der Waals surface area contributed by atoms with E-state index in [4.69, 9.17) is 5.73 Å². The van der Waals surface area contributed by atoms with Crippen molar-refractivity contribution < 1.29 is 0 Å². The standard InChI is InChI=1S/C12H23N3/c1-4-7-11-8-14-10-15(11)12(5-2,6-3)9-13/h8,10H,4-7,9,13H2,1-3H3. The van der Waals surface area contributed by atoms with Gasteiger partial charge < -0.3 is 10.3 Å². The number of aromatic nitrogens is 2. The van der Waals surface area contributed by atoms with E-state index >= 15 is 0 Å². The largest absolute Gasteiger partial charge is 0.328 e. The molecule has 0 fully saturated rings. The van der Waals surface area contributed by atoms with Crippen molar-refractivity contribution in [2.24, 2.45) is 5.73 Å². The molecule has 0 radical (unpaired) electrons. The highest BCUT2D eigenvalue weighted by atomic mass is 15.1. The molecule has 0 saturated carbocycles. The lowest BCUT2D eigenvalue weighted by Gasteiger charge is -2.33. The van der Waals surface area contributed by atoms with Crippen molar-refractivity contribution in [3.05, 3.63) is 18.2 Å². The molecule has 0 amide bonds. The average molecular weight is 209 g/mol. The van der Waals surface area contributed by atoms with Crippen LogP contribution in [0.3, 0.4) is 0 Å². The van der Waals surface area contributed by atoms with Crippen molar-refractivity contribution >= 4 is 0 Å². The highest BCUT2D eigenvalue weighted by molar-refractivity contribution is 5.05. The lowest BCUT2D eigenvalue weighted by Crippen LogP contribution is -2.40. The molecule has 0 atom stereocenters. The zero-order chi connectivity index (χ0) is 11.3. The van der Waals surface area contributed by atoms with E-state index in [1.807, 2.05) is 12.5 Å². The highest BCUT2D eigenvalue weighted by Gasteiger charge is 2.27. The van der Waals surface area contributed by atoms with Crippen molar-refractivity contribution in [3.63, 3.8) is 0 Å². The maximum atomic E-state index is 5.94. The zero-order valence-electron chi connectivity index (χ0n) is 10.2. The molecule has 86 valence electrons. The van der Waals surface area contributed by atoms with E-state index in [0.29, 0.717) is 6.54 Å². The van der Waals surface area contributed by atoms with Crippen molar-refractivity contribution in [1.29, 1.82) is 0 Å². The Bertz CT molecular complexity index is 279. The molecule has 0 spiro atoms. The number of imidazole rings is 1. The second-order valence-electron chi connectivity index (χ2n) is 4.14. The van der Waals surface area contributed by atoms with Gasteiger partial charge in [-0.1, -0.05) is 27.2 Å². The molecule has 0 unspecified atom stereocenters. The van der Waals surface area contributed by atoms with Crippen molar-refractivity contribution in [2.45, 2.75) is 52.0 Å². The molecule has 1 aromatic heterocycles. The minimum Gasteiger partial charge on any atom is -0.328 e. The van der Waals surface area contributed by atoms with Gasteiger partial charge in [0, 0.05) is 18.4 Å². The molecular formula is C12H23N3. The minimum atomic E-state index is 0.0704. The number of nitrogens with zero attached hydrogens (tertiary/aromatic N) is 2. The first-order chi connectivity index (χ1) is 7.24. The molecule has 1 rings (SSSR count). The maximum absolute atomic E-state index is 5.94. The van der Waals surface area contributed by atoms with E-state index in [-0.39, 0.29) is 5.54 Å². The summed E-state index contributed by atoms with van der Waals surface area (Å²) in [6, 6.07) is 0. The number of aryl methyl sites for hydroxylation is 1. The number of rotatable bonds is 6. The lowest BCUT2D eigenvalue weighted by atomic mass is 9.92. The SMILES string of the molecule is CCCc1cncn1C(CC)(CC)CN. The van der Waals surface area contributed by atoms with Gasteiger partial charge in [0.15, 0.2) is 0 Å². The zero-order valence-corrected chi connectivity index (χ0v) is 10.2. The monoisotopic (exact) mass is 209 g/mol. The van der Waals surface area contributed by atoms with Crippen LogP contribution in [0.15, 0.2) is 12.5 Å². The molecule has 1 heterocycles. The predicted molar refractivity (Wildman–Crippen MR) is 63.8 cm³/mol. The van der Waals surface area contributed by atoms with Crippen LogP contribution in [-0.2, 0) is 12.0 Å². The van der Waals surface area contributed by atoms with Crippen LogP contribution in [-0.4, -0.2) is 16.1 Å². The molecular weight excluding hydrogens is 186 g/mol. The molecule has 1 aromatic rings. The fraction of sp³-hybridized carbons (Fsp3) is 0.750. The summed E-state index contributed by atoms with van der Waals surface area (Å²) in [7, 11) is 0. The van der Waals surface area contributed by atoms with Crippen LogP contribution in [0.25, 0.3) is 0 Å². The number of hydrogen-bond acceptors (Lipinski definition) is 2. The van der Waals surface area contributed by atoms with Gasteiger partial charge in [-0.05, 0) is 19.3 Å². The second-order valence-corrected chi connectivity index (χ2v) is 4.14. The molecule has 2 N–H and O–H groups in total. The first-order valence-corrected chi connectivity index (χ1v) is 5.95. The van der Waals surface area contributed by atoms with Gasteiger partial charge in [0.2, 0.25) is 0 Å². The van der Waals surface area contributed by atoms with Crippen LogP contribution in [0.4, 0.5) is 0 Å². The van der Waals surface area contributed by atoms with Crippen LogP contribution in [0, 0.1) is 0 Å². The fourth-order valence-electron chi connectivity index (χ4n) is 2.17. The van der Waals surface area contributed by atoms with Crippen LogP contribution < -0.4 is 5.73 Å². The summed E-state index contributed by atoms with van der Waals surface area (Å²) in [5.41, 5.74) is 7.32. The maximum Gasteiger partial charge on any atom is 0.0953 e. The molecule has 0 aliphatic heterocycles. The van der Waals surface area contributed by atoms with Crippen molar-refractivity contribution in [2.75, 3.05) is 6.54 Å². The first-order valence-electron chi connectivity index (χ1n) is 5.95. The average Bonchev–Trinajstić information content (AvgIpc) is 2.71. The normalized spacial score (nSPS) is 12.0. The Balaban J connectivity index is 3.04. The molecule has 0 saturated heterocycles. The molecule has 3 nitrogen and oxygen atoms in total. The number of hydrogen-bond donors (Lipinski definition) is 1. The van der Waals surface area contributed by atoms with Crippen molar-refractivity contribution in [3.8, 4) is 0 Å². The Morgan fingerprint density at radius 2 is 2.00 bits per heavy atom. The van der Waals surface area contributed by atoms with Gasteiger partial charge in [-0.2, -0.15) is 0 Å². The summed E-state index contributed by atoms with van der Waals surface area (Å²) >= 11 is 0. The van der Waals surface area contributed by atoms with E-state index in [9.17, 15) is 0 Å². The Labute approximate surface area is 92.7 Å². The topological polar surface area (TPSA) is 43.8 Å². The summed E-state index contributed by atoms with van der Waals surface area (Å²) in [6.45, 7) is 7.28. The summed E-state index contributed by atoms with van der Waals surface area (Å²) in [5, 5.41) is 0. The van der Waals surface area contributed by atoms with Crippen LogP contribution in [0.2, 0.25) is 0 Å². The van der Waals surface area contributed by atoms with Gasteiger partial charge in [-0.15, -0.1) is 0 Å². The first kappa shape index (κ1) is 12.2. The van der Waals surface area contributed by atoms with Crippen LogP contribution >= 0.6 is 0 Å². The summed E-state index contributed by atoms with van der Waals surface area (Å²) < 4.78 is 2.29. The molecule has 15 heavy (non-hydrogen) atoms. The van der Waals surface area contributed by atoms with Gasteiger partial charge in [0.25, 0.3) is 0 Å². The summed E-state index contributed by atoms with van der Waals surface area (Å²) in [4.78, 5) is 4.26. The predicted octanol–water partition coefficient (Wildman–Crippen LogP) is 2.31. The Hall–Kier alpha value is -0.830. The number of nitrogens with two attached hydrogens (primary N) is 1. The van der Waals surface area contributed by atoms with Gasteiger partial charge >= 0.3 is 0 Å². The van der Waals surface area contributed by atoms with Gasteiger partial charge in [-0.3, -0.25) is 0 Å².